The Bertz CT molecular complexity index is 632. The first-order chi connectivity index (χ1) is 9.13. The third kappa shape index (κ3) is 2.66. The van der Waals surface area contributed by atoms with Crippen LogP contribution in [-0.4, -0.2) is 15.6 Å². The van der Waals surface area contributed by atoms with E-state index >= 15 is 0 Å². The highest BCUT2D eigenvalue weighted by atomic mass is 79.9. The van der Waals surface area contributed by atoms with Crippen LogP contribution in [-0.2, 0) is 0 Å². The maximum atomic E-state index is 12.3. The molecule has 1 heterocycles. The number of hydrogen-bond donors (Lipinski definition) is 2. The molecule has 4 nitrogen and oxygen atoms in total. The number of nitrogens with one attached hydrogen (secondary N) is 1. The molecule has 0 radical (unpaired) electrons. The summed E-state index contributed by atoms with van der Waals surface area (Å²) >= 11 is 3.40. The number of halogens is 1. The molecule has 1 aromatic heterocycles. The average Bonchev–Trinajstić information content (AvgIpc) is 3.12. The smallest absolute Gasteiger partial charge is 0.272 e. The lowest BCUT2D eigenvalue weighted by Crippen LogP contribution is -2.16. The summed E-state index contributed by atoms with van der Waals surface area (Å²) in [7, 11) is 0. The van der Waals surface area contributed by atoms with Gasteiger partial charge in [0, 0.05) is 28.5 Å². The van der Waals surface area contributed by atoms with Crippen LogP contribution in [0, 0.1) is 0 Å². The molecular weight excluding hydrogens is 308 g/mol. The van der Waals surface area contributed by atoms with Crippen LogP contribution < -0.4 is 5.32 Å². The van der Waals surface area contributed by atoms with Crippen molar-refractivity contribution in [2.24, 2.45) is 0 Å². The Morgan fingerprint density at radius 2 is 2.16 bits per heavy atom. The molecule has 19 heavy (non-hydrogen) atoms. The van der Waals surface area contributed by atoms with Crippen molar-refractivity contribution in [3.63, 3.8) is 0 Å². The van der Waals surface area contributed by atoms with Crippen molar-refractivity contribution in [3.8, 4) is 5.75 Å². The van der Waals surface area contributed by atoms with E-state index in [9.17, 15) is 9.90 Å². The van der Waals surface area contributed by atoms with Gasteiger partial charge >= 0.3 is 0 Å². The molecule has 1 aliphatic carbocycles. The molecule has 0 atom stereocenters. The number of nitrogens with zero attached hydrogens (tertiary/aromatic N) is 1. The highest BCUT2D eigenvalue weighted by Crippen LogP contribution is 2.37. The molecule has 0 spiro atoms. The SMILES string of the molecule is O=C(Nc1cccc(O)c1)c1cc(Br)cn1C1CC1. The number of carbonyl (C=O) groups excluding carboxylic acids is 1. The van der Waals surface area contributed by atoms with E-state index in [1.807, 2.05) is 16.8 Å². The van der Waals surface area contributed by atoms with Gasteiger partial charge in [-0.15, -0.1) is 0 Å². The third-order valence-electron chi connectivity index (χ3n) is 3.09. The van der Waals surface area contributed by atoms with E-state index in [1.165, 1.54) is 6.07 Å². The first-order valence-corrected chi connectivity index (χ1v) is 6.90. The second-order valence-electron chi connectivity index (χ2n) is 4.69. The van der Waals surface area contributed by atoms with Gasteiger partial charge in [0.25, 0.3) is 5.91 Å². The lowest BCUT2D eigenvalue weighted by Gasteiger charge is -2.08. The lowest BCUT2D eigenvalue weighted by molar-refractivity contribution is 0.101. The van der Waals surface area contributed by atoms with Gasteiger partial charge in [0.15, 0.2) is 0 Å². The van der Waals surface area contributed by atoms with E-state index in [1.54, 1.807) is 18.2 Å². The van der Waals surface area contributed by atoms with Gasteiger partial charge in [0.1, 0.15) is 11.4 Å². The Hall–Kier alpha value is -1.75. The number of aromatic hydroxyl groups is 1. The van der Waals surface area contributed by atoms with E-state index < -0.39 is 0 Å². The summed E-state index contributed by atoms with van der Waals surface area (Å²) < 4.78 is 2.91. The number of phenolic OH excluding ortho intramolecular Hbond substituents is 1. The van der Waals surface area contributed by atoms with Crippen molar-refractivity contribution in [1.82, 2.24) is 4.57 Å². The molecule has 1 amide bonds. The lowest BCUT2D eigenvalue weighted by atomic mass is 10.3. The maximum Gasteiger partial charge on any atom is 0.272 e. The highest BCUT2D eigenvalue weighted by Gasteiger charge is 2.27. The molecule has 3 rings (SSSR count). The molecule has 1 aromatic carbocycles. The Morgan fingerprint density at radius 3 is 2.84 bits per heavy atom. The van der Waals surface area contributed by atoms with Crippen molar-refractivity contribution < 1.29 is 9.90 Å². The quantitative estimate of drug-likeness (QED) is 0.908. The van der Waals surface area contributed by atoms with Gasteiger partial charge in [0.2, 0.25) is 0 Å². The second-order valence-corrected chi connectivity index (χ2v) is 5.60. The predicted octanol–water partition coefficient (Wildman–Crippen LogP) is 3.54. The fourth-order valence-corrected chi connectivity index (χ4v) is 2.50. The molecule has 2 N–H and O–H groups in total. The third-order valence-corrected chi connectivity index (χ3v) is 3.53. The molecule has 98 valence electrons. The summed E-state index contributed by atoms with van der Waals surface area (Å²) in [6.07, 6.45) is 4.18. The van der Waals surface area contributed by atoms with Crippen molar-refractivity contribution in [1.29, 1.82) is 0 Å². The van der Waals surface area contributed by atoms with Crippen molar-refractivity contribution >= 4 is 27.5 Å². The van der Waals surface area contributed by atoms with Crippen LogP contribution in [0.15, 0.2) is 41.0 Å². The zero-order chi connectivity index (χ0) is 13.4. The van der Waals surface area contributed by atoms with Gasteiger partial charge in [-0.3, -0.25) is 4.79 Å². The minimum Gasteiger partial charge on any atom is -0.508 e. The van der Waals surface area contributed by atoms with E-state index in [2.05, 4.69) is 21.2 Å². The van der Waals surface area contributed by atoms with Crippen LogP contribution in [0.2, 0.25) is 0 Å². The summed E-state index contributed by atoms with van der Waals surface area (Å²) in [6.45, 7) is 0. The fraction of sp³-hybridized carbons (Fsp3) is 0.214. The van der Waals surface area contributed by atoms with Crippen molar-refractivity contribution in [3.05, 3.63) is 46.7 Å². The number of phenols is 1. The van der Waals surface area contributed by atoms with Crippen LogP contribution in [0.3, 0.4) is 0 Å². The molecule has 0 bridgehead atoms. The van der Waals surface area contributed by atoms with Crippen LogP contribution in [0.5, 0.6) is 5.75 Å². The van der Waals surface area contributed by atoms with E-state index in [-0.39, 0.29) is 11.7 Å². The number of carbonyl (C=O) groups is 1. The Labute approximate surface area is 119 Å². The van der Waals surface area contributed by atoms with Crippen LogP contribution in [0.4, 0.5) is 5.69 Å². The largest absolute Gasteiger partial charge is 0.508 e. The molecular formula is C14H13BrN2O2. The molecule has 0 aliphatic heterocycles. The molecule has 5 heteroatoms. The van der Waals surface area contributed by atoms with E-state index in [4.69, 9.17) is 0 Å². The summed E-state index contributed by atoms with van der Waals surface area (Å²) in [4.78, 5) is 12.3. The number of rotatable bonds is 3. The minimum absolute atomic E-state index is 0.136. The van der Waals surface area contributed by atoms with Crippen molar-refractivity contribution in [2.45, 2.75) is 18.9 Å². The van der Waals surface area contributed by atoms with E-state index in [0.29, 0.717) is 17.4 Å². The van der Waals surface area contributed by atoms with Crippen LogP contribution >= 0.6 is 15.9 Å². The Morgan fingerprint density at radius 1 is 1.37 bits per heavy atom. The summed E-state index contributed by atoms with van der Waals surface area (Å²) in [5.74, 6) is -0.0280. The highest BCUT2D eigenvalue weighted by molar-refractivity contribution is 9.10. The topological polar surface area (TPSA) is 54.3 Å². The number of benzene rings is 1. The Balaban J connectivity index is 1.84. The first kappa shape index (κ1) is 12.3. The molecule has 1 saturated carbocycles. The molecule has 1 aliphatic rings. The van der Waals surface area contributed by atoms with Gasteiger partial charge < -0.3 is 15.0 Å². The van der Waals surface area contributed by atoms with Crippen LogP contribution in [0.25, 0.3) is 0 Å². The van der Waals surface area contributed by atoms with Gasteiger partial charge in [-0.05, 0) is 47.0 Å². The Kier molecular flexibility index (Phi) is 3.06. The van der Waals surface area contributed by atoms with E-state index in [0.717, 1.165) is 17.3 Å². The molecule has 2 aromatic rings. The summed E-state index contributed by atoms with van der Waals surface area (Å²) in [5.41, 5.74) is 1.22. The van der Waals surface area contributed by atoms with Gasteiger partial charge in [0.05, 0.1) is 0 Å². The standard InChI is InChI=1S/C14H13BrN2O2/c15-9-6-13(17(8-9)11-4-5-11)14(19)16-10-2-1-3-12(18)7-10/h1-3,6-8,11,18H,4-5H2,(H,16,19). The van der Waals surface area contributed by atoms with Crippen molar-refractivity contribution in [2.75, 3.05) is 5.32 Å². The average molecular weight is 321 g/mol. The van der Waals surface area contributed by atoms with Gasteiger partial charge in [-0.1, -0.05) is 6.07 Å². The fourth-order valence-electron chi connectivity index (χ4n) is 2.06. The number of aromatic nitrogens is 1. The second kappa shape index (κ2) is 4.74. The van der Waals surface area contributed by atoms with Crippen LogP contribution in [0.1, 0.15) is 29.4 Å². The first-order valence-electron chi connectivity index (χ1n) is 6.11. The summed E-state index contributed by atoms with van der Waals surface area (Å²) in [6, 6.07) is 8.79. The maximum absolute atomic E-state index is 12.3. The monoisotopic (exact) mass is 320 g/mol. The van der Waals surface area contributed by atoms with Gasteiger partial charge in [-0.25, -0.2) is 0 Å². The number of amides is 1. The van der Waals surface area contributed by atoms with Gasteiger partial charge in [-0.2, -0.15) is 0 Å². The zero-order valence-corrected chi connectivity index (χ0v) is 11.7. The number of hydrogen-bond acceptors (Lipinski definition) is 2. The molecule has 0 saturated heterocycles. The summed E-state index contributed by atoms with van der Waals surface area (Å²) in [5, 5.41) is 12.2. The molecule has 1 fully saturated rings. The minimum atomic E-state index is -0.164. The molecule has 0 unspecified atom stereocenters. The predicted molar refractivity (Wildman–Crippen MR) is 76.5 cm³/mol. The normalized spacial score (nSPS) is 14.4. The number of anilines is 1. The zero-order valence-electron chi connectivity index (χ0n) is 10.1.